The molecular formula is C19H23ClN2O5. The van der Waals surface area contributed by atoms with Crippen molar-refractivity contribution in [3.63, 3.8) is 0 Å². The monoisotopic (exact) mass is 394 g/mol. The summed E-state index contributed by atoms with van der Waals surface area (Å²) < 4.78 is 10.8. The minimum atomic E-state index is -0.575. The Balaban J connectivity index is 1.35. The predicted molar refractivity (Wildman–Crippen MR) is 97.6 cm³/mol. The number of likely N-dealkylation sites (tertiary alicyclic amines) is 1. The molecule has 1 aliphatic carbocycles. The van der Waals surface area contributed by atoms with Crippen LogP contribution in [0.3, 0.4) is 0 Å². The summed E-state index contributed by atoms with van der Waals surface area (Å²) >= 11 is 6.00. The lowest BCUT2D eigenvalue weighted by Gasteiger charge is -2.35. The first-order valence-electron chi connectivity index (χ1n) is 9.29. The average Bonchev–Trinajstić information content (AvgIpc) is 3.21. The quantitative estimate of drug-likeness (QED) is 0.842. The number of halogens is 1. The molecule has 1 aromatic rings. The van der Waals surface area contributed by atoms with Crippen LogP contribution in [0.5, 0.6) is 5.75 Å². The van der Waals surface area contributed by atoms with Crippen LogP contribution in [-0.2, 0) is 9.53 Å². The minimum absolute atomic E-state index is 0.0588. The summed E-state index contributed by atoms with van der Waals surface area (Å²) in [5.41, 5.74) is 0. The molecule has 1 saturated carbocycles. The van der Waals surface area contributed by atoms with Gasteiger partial charge in [-0.1, -0.05) is 17.7 Å². The van der Waals surface area contributed by atoms with Gasteiger partial charge in [0.1, 0.15) is 25.0 Å². The van der Waals surface area contributed by atoms with E-state index in [2.05, 4.69) is 0 Å². The van der Waals surface area contributed by atoms with E-state index in [0.29, 0.717) is 49.9 Å². The lowest BCUT2D eigenvalue weighted by Crippen LogP contribution is -2.42. The smallest absolute Gasteiger partial charge is 0.410 e. The molecule has 2 amide bonds. The fourth-order valence-corrected chi connectivity index (χ4v) is 4.45. The fourth-order valence-electron chi connectivity index (χ4n) is 4.27. The van der Waals surface area contributed by atoms with E-state index in [0.717, 1.165) is 0 Å². The maximum absolute atomic E-state index is 12.5. The van der Waals surface area contributed by atoms with E-state index >= 15 is 0 Å². The van der Waals surface area contributed by atoms with Crippen LogP contribution in [0.15, 0.2) is 24.3 Å². The van der Waals surface area contributed by atoms with E-state index in [4.69, 9.17) is 21.1 Å². The number of aliphatic hydroxyl groups excluding tert-OH is 1. The molecule has 0 unspecified atom stereocenters. The lowest BCUT2D eigenvalue weighted by molar-refractivity contribution is -0.130. The standard InChI is InChI=1S/C19H23ClN2O5/c20-14-2-1-3-15(8-14)27-17-7-13-10-22(9-12(13)6-16(17)23)18(24)11-21-4-5-26-19(21)25/h1-3,8,12-13,16-17,23H,4-7,9-11H2/t12-,13+,16+,17+/m0/s1. The van der Waals surface area contributed by atoms with Crippen molar-refractivity contribution in [1.82, 2.24) is 9.80 Å². The Morgan fingerprint density at radius 3 is 2.78 bits per heavy atom. The minimum Gasteiger partial charge on any atom is -0.488 e. The van der Waals surface area contributed by atoms with Gasteiger partial charge in [0.25, 0.3) is 0 Å². The lowest BCUT2D eigenvalue weighted by atomic mass is 9.78. The predicted octanol–water partition coefficient (Wildman–Crippen LogP) is 1.77. The zero-order chi connectivity index (χ0) is 19.0. The van der Waals surface area contributed by atoms with Crippen LogP contribution in [0.4, 0.5) is 4.79 Å². The second-order valence-corrected chi connectivity index (χ2v) is 7.94. The molecule has 0 spiro atoms. The normalized spacial score (nSPS) is 30.2. The van der Waals surface area contributed by atoms with Crippen LogP contribution in [-0.4, -0.2) is 71.9 Å². The third-order valence-corrected chi connectivity index (χ3v) is 5.93. The molecule has 8 heteroatoms. The molecule has 1 N–H and O–H groups in total. The highest BCUT2D eigenvalue weighted by Crippen LogP contribution is 2.38. The molecule has 0 radical (unpaired) electrons. The second-order valence-electron chi connectivity index (χ2n) is 7.51. The number of amides is 2. The van der Waals surface area contributed by atoms with E-state index < -0.39 is 12.2 Å². The van der Waals surface area contributed by atoms with Crippen LogP contribution in [0.1, 0.15) is 12.8 Å². The van der Waals surface area contributed by atoms with Gasteiger partial charge in [-0.05, 0) is 42.9 Å². The molecule has 3 aliphatic rings. The van der Waals surface area contributed by atoms with Gasteiger partial charge >= 0.3 is 6.09 Å². The van der Waals surface area contributed by atoms with Gasteiger partial charge < -0.3 is 19.5 Å². The molecule has 2 saturated heterocycles. The zero-order valence-corrected chi connectivity index (χ0v) is 15.7. The third kappa shape index (κ3) is 3.99. The van der Waals surface area contributed by atoms with Gasteiger partial charge in [-0.15, -0.1) is 0 Å². The van der Waals surface area contributed by atoms with Crippen molar-refractivity contribution < 1.29 is 24.2 Å². The summed E-state index contributed by atoms with van der Waals surface area (Å²) in [7, 11) is 0. The highest BCUT2D eigenvalue weighted by molar-refractivity contribution is 6.30. The van der Waals surface area contributed by atoms with Crippen molar-refractivity contribution in [2.75, 3.05) is 32.8 Å². The van der Waals surface area contributed by atoms with Crippen LogP contribution < -0.4 is 4.74 Å². The second kappa shape index (κ2) is 7.56. The van der Waals surface area contributed by atoms with Gasteiger partial charge in [0.05, 0.1) is 12.6 Å². The third-order valence-electron chi connectivity index (χ3n) is 5.69. The zero-order valence-electron chi connectivity index (χ0n) is 14.9. The molecule has 4 rings (SSSR count). The SMILES string of the molecule is O=C(CN1CCOC1=O)N1C[C@H]2C[C@@H](Oc3cccc(Cl)c3)[C@H](O)C[C@H]2C1. The number of cyclic esters (lactones) is 1. The Kier molecular flexibility index (Phi) is 5.14. The number of fused-ring (bicyclic) bond motifs is 1. The fraction of sp³-hybridized carbons (Fsp3) is 0.579. The van der Waals surface area contributed by atoms with Crippen molar-refractivity contribution >= 4 is 23.6 Å². The van der Waals surface area contributed by atoms with Crippen molar-refractivity contribution in [3.05, 3.63) is 29.3 Å². The number of carbonyl (C=O) groups is 2. The Hall–Kier alpha value is -1.99. The summed E-state index contributed by atoms with van der Waals surface area (Å²) in [6.07, 6.45) is -0.0215. The number of ether oxygens (including phenoxy) is 2. The molecule has 0 aromatic heterocycles. The molecule has 1 aromatic carbocycles. The van der Waals surface area contributed by atoms with E-state index in [9.17, 15) is 14.7 Å². The molecule has 2 aliphatic heterocycles. The van der Waals surface area contributed by atoms with Gasteiger partial charge in [-0.25, -0.2) is 4.79 Å². The summed E-state index contributed by atoms with van der Waals surface area (Å²) in [6.45, 7) is 2.11. The summed E-state index contributed by atoms with van der Waals surface area (Å²) in [5.74, 6) is 1.12. The number of carbonyl (C=O) groups excluding carboxylic acids is 2. The molecule has 27 heavy (non-hydrogen) atoms. The maximum atomic E-state index is 12.5. The molecule has 2 heterocycles. The Bertz CT molecular complexity index is 730. The average molecular weight is 395 g/mol. The number of hydrogen-bond donors (Lipinski definition) is 1. The number of benzene rings is 1. The van der Waals surface area contributed by atoms with Gasteiger partial charge in [-0.2, -0.15) is 0 Å². The van der Waals surface area contributed by atoms with Crippen molar-refractivity contribution in [3.8, 4) is 5.75 Å². The Morgan fingerprint density at radius 2 is 2.07 bits per heavy atom. The van der Waals surface area contributed by atoms with E-state index in [1.165, 1.54) is 4.90 Å². The van der Waals surface area contributed by atoms with Crippen LogP contribution in [0.25, 0.3) is 0 Å². The van der Waals surface area contributed by atoms with E-state index in [1.807, 2.05) is 12.1 Å². The van der Waals surface area contributed by atoms with Gasteiger partial charge in [0, 0.05) is 18.1 Å². The van der Waals surface area contributed by atoms with Crippen LogP contribution in [0, 0.1) is 11.8 Å². The molecular weight excluding hydrogens is 372 g/mol. The van der Waals surface area contributed by atoms with E-state index in [1.54, 1.807) is 17.0 Å². The molecule has 4 atom stereocenters. The largest absolute Gasteiger partial charge is 0.488 e. The summed E-state index contributed by atoms with van der Waals surface area (Å²) in [5, 5.41) is 11.1. The van der Waals surface area contributed by atoms with Crippen molar-refractivity contribution in [2.45, 2.75) is 25.0 Å². The number of hydrogen-bond acceptors (Lipinski definition) is 5. The first kappa shape index (κ1) is 18.4. The van der Waals surface area contributed by atoms with Crippen LogP contribution >= 0.6 is 11.6 Å². The molecule has 3 fully saturated rings. The summed E-state index contributed by atoms with van der Waals surface area (Å²) in [4.78, 5) is 27.3. The van der Waals surface area contributed by atoms with Gasteiger partial charge in [0.15, 0.2) is 0 Å². The topological polar surface area (TPSA) is 79.3 Å². The first-order valence-corrected chi connectivity index (χ1v) is 9.67. The highest BCUT2D eigenvalue weighted by Gasteiger charge is 2.44. The highest BCUT2D eigenvalue weighted by atomic mass is 35.5. The Labute approximate surface area is 162 Å². The number of aliphatic hydroxyl groups is 1. The van der Waals surface area contributed by atoms with Crippen molar-refractivity contribution in [2.24, 2.45) is 11.8 Å². The molecule has 146 valence electrons. The molecule has 0 bridgehead atoms. The number of nitrogens with zero attached hydrogens (tertiary/aromatic N) is 2. The maximum Gasteiger partial charge on any atom is 0.410 e. The number of rotatable bonds is 4. The van der Waals surface area contributed by atoms with E-state index in [-0.39, 0.29) is 30.4 Å². The van der Waals surface area contributed by atoms with Crippen molar-refractivity contribution in [1.29, 1.82) is 0 Å². The Morgan fingerprint density at radius 1 is 1.30 bits per heavy atom. The summed E-state index contributed by atoms with van der Waals surface area (Å²) in [6, 6.07) is 7.15. The van der Waals surface area contributed by atoms with Crippen LogP contribution in [0.2, 0.25) is 5.02 Å². The first-order chi connectivity index (χ1) is 13.0. The van der Waals surface area contributed by atoms with Gasteiger partial charge in [-0.3, -0.25) is 9.69 Å². The van der Waals surface area contributed by atoms with Gasteiger partial charge in [0.2, 0.25) is 5.91 Å². The molecule has 7 nitrogen and oxygen atoms in total.